The van der Waals surface area contributed by atoms with Gasteiger partial charge in [-0.05, 0) is 48.0 Å². The Balaban J connectivity index is 1.45. The van der Waals surface area contributed by atoms with E-state index < -0.39 is 0 Å². The molecular formula is C26H19N3O6. The fourth-order valence-electron chi connectivity index (χ4n) is 4.49. The summed E-state index contributed by atoms with van der Waals surface area (Å²) in [6.07, 6.45) is 3.17. The molecule has 0 unspecified atom stereocenters. The van der Waals surface area contributed by atoms with Gasteiger partial charge in [-0.25, -0.2) is 9.97 Å². The number of benzene rings is 2. The molecule has 0 fully saturated rings. The predicted octanol–water partition coefficient (Wildman–Crippen LogP) is 5.24. The summed E-state index contributed by atoms with van der Waals surface area (Å²) in [6, 6.07) is 15.4. The highest BCUT2D eigenvalue weighted by Gasteiger charge is 2.27. The Bertz CT molecular complexity index is 1560. The zero-order chi connectivity index (χ0) is 23.4. The number of hydrogen-bond donors (Lipinski definition) is 0. The van der Waals surface area contributed by atoms with Crippen LogP contribution in [0.1, 0.15) is 5.76 Å². The van der Waals surface area contributed by atoms with Gasteiger partial charge >= 0.3 is 0 Å². The molecular weight excluding hydrogens is 450 g/mol. The lowest BCUT2D eigenvalue weighted by Gasteiger charge is -2.18. The third-order valence-electron chi connectivity index (χ3n) is 6.10. The predicted molar refractivity (Wildman–Crippen MR) is 126 cm³/mol. The highest BCUT2D eigenvalue weighted by atomic mass is 16.7. The van der Waals surface area contributed by atoms with E-state index in [4.69, 9.17) is 27.8 Å². The van der Waals surface area contributed by atoms with Crippen LogP contribution in [0.25, 0.3) is 33.6 Å². The molecule has 9 heteroatoms. The second kappa shape index (κ2) is 7.69. The van der Waals surface area contributed by atoms with Crippen LogP contribution in [0.3, 0.4) is 0 Å². The van der Waals surface area contributed by atoms with Crippen molar-refractivity contribution in [2.45, 2.75) is 6.54 Å². The lowest BCUT2D eigenvalue weighted by molar-refractivity contribution is 0.173. The van der Waals surface area contributed by atoms with Gasteiger partial charge in [0.15, 0.2) is 23.0 Å². The van der Waals surface area contributed by atoms with Crippen molar-refractivity contribution in [3.63, 3.8) is 0 Å². The summed E-state index contributed by atoms with van der Waals surface area (Å²) in [5.74, 6) is 4.94. The molecule has 0 atom stereocenters. The number of ether oxygens (including phenoxy) is 4. The fraction of sp³-hybridized carbons (Fsp3) is 0.154. The van der Waals surface area contributed by atoms with Gasteiger partial charge < -0.3 is 32.7 Å². The maximum Gasteiger partial charge on any atom is 0.232 e. The van der Waals surface area contributed by atoms with Gasteiger partial charge in [-0.1, -0.05) is 6.07 Å². The molecule has 0 aliphatic carbocycles. The van der Waals surface area contributed by atoms with Crippen molar-refractivity contribution in [3.8, 4) is 45.4 Å². The van der Waals surface area contributed by atoms with Crippen molar-refractivity contribution in [3.05, 3.63) is 66.9 Å². The first-order valence-corrected chi connectivity index (χ1v) is 11.1. The van der Waals surface area contributed by atoms with E-state index in [1.807, 2.05) is 60.5 Å². The Morgan fingerprint density at radius 3 is 2.29 bits per heavy atom. The molecule has 9 nitrogen and oxygen atoms in total. The van der Waals surface area contributed by atoms with Crippen LogP contribution in [-0.4, -0.2) is 30.6 Å². The Morgan fingerprint density at radius 2 is 1.54 bits per heavy atom. The fourth-order valence-corrected chi connectivity index (χ4v) is 4.49. The molecule has 5 heterocycles. The SMILES string of the molecule is CN(Cc1ccco1)c1ncnc2oc(-c3ccc4c(c3)OCO4)c(-c3ccc4c(c3)OCO4)c12. The van der Waals surface area contributed by atoms with Crippen LogP contribution in [0, 0.1) is 0 Å². The van der Waals surface area contributed by atoms with E-state index in [1.165, 1.54) is 6.33 Å². The summed E-state index contributed by atoms with van der Waals surface area (Å²) < 4.78 is 34.2. The quantitative estimate of drug-likeness (QED) is 0.342. The molecule has 35 heavy (non-hydrogen) atoms. The molecule has 0 amide bonds. The summed E-state index contributed by atoms with van der Waals surface area (Å²) in [7, 11) is 1.96. The number of aromatic nitrogens is 2. The van der Waals surface area contributed by atoms with Crippen LogP contribution >= 0.6 is 0 Å². The number of nitrogens with zero attached hydrogens (tertiary/aromatic N) is 3. The number of hydrogen-bond acceptors (Lipinski definition) is 9. The number of furan rings is 2. The van der Waals surface area contributed by atoms with Crippen molar-refractivity contribution < 1.29 is 27.8 Å². The van der Waals surface area contributed by atoms with E-state index in [0.29, 0.717) is 41.0 Å². The standard InChI is InChI=1S/C26H19N3O6/c1-29(11-17-3-2-8-30-17)25-23-22(15-4-6-18-20(9-15)33-13-31-18)24(35-26(23)28-12-27-25)16-5-7-19-21(10-16)34-14-32-19/h2-10,12H,11,13-14H2,1H3. The minimum Gasteiger partial charge on any atom is -0.467 e. The molecule has 2 aliphatic rings. The first-order chi connectivity index (χ1) is 17.2. The van der Waals surface area contributed by atoms with E-state index >= 15 is 0 Å². The summed E-state index contributed by atoms with van der Waals surface area (Å²) in [4.78, 5) is 11.1. The van der Waals surface area contributed by atoms with Gasteiger partial charge in [0, 0.05) is 18.2 Å². The smallest absolute Gasteiger partial charge is 0.232 e. The third kappa shape index (κ3) is 3.23. The zero-order valence-corrected chi connectivity index (χ0v) is 18.7. The van der Waals surface area contributed by atoms with Crippen molar-refractivity contribution >= 4 is 16.9 Å². The molecule has 2 aromatic carbocycles. The summed E-state index contributed by atoms with van der Waals surface area (Å²) >= 11 is 0. The molecule has 0 radical (unpaired) electrons. The van der Waals surface area contributed by atoms with Gasteiger partial charge in [-0.15, -0.1) is 0 Å². The van der Waals surface area contributed by atoms with E-state index in [0.717, 1.165) is 33.7 Å². The summed E-state index contributed by atoms with van der Waals surface area (Å²) in [5.41, 5.74) is 3.04. The maximum absolute atomic E-state index is 6.38. The van der Waals surface area contributed by atoms with Crippen LogP contribution in [0.2, 0.25) is 0 Å². The Labute approximate surface area is 199 Å². The lowest BCUT2D eigenvalue weighted by atomic mass is 9.98. The summed E-state index contributed by atoms with van der Waals surface area (Å²) in [5, 5.41) is 0.785. The molecule has 0 bridgehead atoms. The van der Waals surface area contributed by atoms with E-state index in [2.05, 4.69) is 9.97 Å². The monoisotopic (exact) mass is 469 g/mol. The summed E-state index contributed by atoms with van der Waals surface area (Å²) in [6.45, 7) is 0.922. The topological polar surface area (TPSA) is 92.2 Å². The molecule has 3 aromatic heterocycles. The van der Waals surface area contributed by atoms with Gasteiger partial charge in [0.1, 0.15) is 23.7 Å². The Hall–Kier alpha value is -4.66. The van der Waals surface area contributed by atoms with E-state index in [-0.39, 0.29) is 13.6 Å². The highest BCUT2D eigenvalue weighted by Crippen LogP contribution is 2.47. The van der Waals surface area contributed by atoms with Gasteiger partial charge in [0.05, 0.1) is 18.2 Å². The number of fused-ring (bicyclic) bond motifs is 3. The normalized spacial score (nSPS) is 13.5. The number of rotatable bonds is 5. The Kier molecular flexibility index (Phi) is 4.35. The molecule has 0 N–H and O–H groups in total. The molecule has 174 valence electrons. The van der Waals surface area contributed by atoms with Gasteiger partial charge in [-0.3, -0.25) is 0 Å². The van der Waals surface area contributed by atoms with Crippen molar-refractivity contribution in [1.29, 1.82) is 0 Å². The van der Waals surface area contributed by atoms with Crippen molar-refractivity contribution in [1.82, 2.24) is 9.97 Å². The first kappa shape index (κ1) is 19.8. The average Bonchev–Trinajstić information content (AvgIpc) is 3.68. The second-order valence-electron chi connectivity index (χ2n) is 8.26. The lowest BCUT2D eigenvalue weighted by Crippen LogP contribution is -2.17. The van der Waals surface area contributed by atoms with Crippen LogP contribution in [0.5, 0.6) is 23.0 Å². The largest absolute Gasteiger partial charge is 0.467 e. The van der Waals surface area contributed by atoms with Gasteiger partial charge in [-0.2, -0.15) is 0 Å². The minimum atomic E-state index is 0.195. The zero-order valence-electron chi connectivity index (χ0n) is 18.7. The van der Waals surface area contributed by atoms with Crippen LogP contribution < -0.4 is 23.8 Å². The second-order valence-corrected chi connectivity index (χ2v) is 8.26. The van der Waals surface area contributed by atoms with Crippen LogP contribution in [-0.2, 0) is 6.54 Å². The Morgan fingerprint density at radius 1 is 0.829 bits per heavy atom. The van der Waals surface area contributed by atoms with Crippen LogP contribution in [0.15, 0.2) is 70.0 Å². The molecule has 0 saturated heterocycles. The van der Waals surface area contributed by atoms with Crippen molar-refractivity contribution in [2.75, 3.05) is 25.5 Å². The molecule has 7 rings (SSSR count). The van der Waals surface area contributed by atoms with E-state index in [1.54, 1.807) is 6.26 Å². The maximum atomic E-state index is 6.38. The molecule has 2 aliphatic heterocycles. The van der Waals surface area contributed by atoms with E-state index in [9.17, 15) is 0 Å². The molecule has 0 spiro atoms. The first-order valence-electron chi connectivity index (χ1n) is 11.1. The highest BCUT2D eigenvalue weighted by molar-refractivity contribution is 6.06. The van der Waals surface area contributed by atoms with Gasteiger partial charge in [0.25, 0.3) is 0 Å². The van der Waals surface area contributed by atoms with Crippen LogP contribution in [0.4, 0.5) is 5.82 Å². The number of anilines is 1. The van der Waals surface area contributed by atoms with Crippen molar-refractivity contribution in [2.24, 2.45) is 0 Å². The van der Waals surface area contributed by atoms with Gasteiger partial charge in [0.2, 0.25) is 19.3 Å². The molecule has 5 aromatic rings. The third-order valence-corrected chi connectivity index (χ3v) is 6.10. The molecule has 0 saturated carbocycles. The average molecular weight is 469 g/mol. The minimum absolute atomic E-state index is 0.195.